The predicted molar refractivity (Wildman–Crippen MR) is 89.6 cm³/mol. The lowest BCUT2D eigenvalue weighted by atomic mass is 10.1. The maximum absolute atomic E-state index is 12.0. The summed E-state index contributed by atoms with van der Waals surface area (Å²) in [5.74, 6) is -0.741. The van der Waals surface area contributed by atoms with Crippen molar-refractivity contribution in [2.75, 3.05) is 5.32 Å². The van der Waals surface area contributed by atoms with Gasteiger partial charge in [0, 0.05) is 11.6 Å². The molecule has 0 heterocycles. The zero-order valence-corrected chi connectivity index (χ0v) is 12.9. The Bertz CT molecular complexity index is 775. The quantitative estimate of drug-likeness (QED) is 0.346. The summed E-state index contributed by atoms with van der Waals surface area (Å²) in [6, 6.07) is 10.4. The molecule has 2 aromatic rings. The number of phenols is 1. The maximum atomic E-state index is 12.0. The molecule has 2 rings (SSSR count). The summed E-state index contributed by atoms with van der Waals surface area (Å²) in [6.07, 6.45) is 0. The van der Waals surface area contributed by atoms with Crippen LogP contribution in [-0.4, -0.2) is 21.0 Å². The Morgan fingerprint density at radius 1 is 1.22 bits per heavy atom. The molecule has 0 spiro atoms. The van der Waals surface area contributed by atoms with E-state index in [9.17, 15) is 20.0 Å². The molecule has 23 heavy (non-hydrogen) atoms. The van der Waals surface area contributed by atoms with E-state index in [0.717, 1.165) is 11.6 Å². The van der Waals surface area contributed by atoms with E-state index in [1.807, 2.05) is 6.92 Å². The number of anilines is 1. The van der Waals surface area contributed by atoms with E-state index in [2.05, 4.69) is 10.6 Å². The highest BCUT2D eigenvalue weighted by molar-refractivity contribution is 7.80. The lowest BCUT2D eigenvalue weighted by molar-refractivity contribution is -0.384. The van der Waals surface area contributed by atoms with Crippen LogP contribution in [0.15, 0.2) is 42.5 Å². The summed E-state index contributed by atoms with van der Waals surface area (Å²) in [6.45, 7) is 1.91. The van der Waals surface area contributed by atoms with Crippen molar-refractivity contribution in [2.45, 2.75) is 6.92 Å². The van der Waals surface area contributed by atoms with Gasteiger partial charge in [0.1, 0.15) is 5.75 Å². The molecule has 0 radical (unpaired) electrons. The van der Waals surface area contributed by atoms with E-state index in [0.29, 0.717) is 5.56 Å². The minimum absolute atomic E-state index is 0.0280. The van der Waals surface area contributed by atoms with Crippen molar-refractivity contribution < 1.29 is 14.8 Å². The molecular formula is C15H13N3O4S. The van der Waals surface area contributed by atoms with Crippen molar-refractivity contribution in [3.8, 4) is 5.75 Å². The SMILES string of the molecule is Cc1ccc(C(=O)NC(=S)Nc2ccc([N+](=O)[O-])cc2O)cc1. The van der Waals surface area contributed by atoms with Crippen molar-refractivity contribution in [3.05, 3.63) is 63.7 Å². The molecule has 2 aromatic carbocycles. The van der Waals surface area contributed by atoms with Crippen molar-refractivity contribution >= 4 is 34.6 Å². The van der Waals surface area contributed by atoms with Crippen LogP contribution in [0.4, 0.5) is 11.4 Å². The van der Waals surface area contributed by atoms with Crippen LogP contribution in [-0.2, 0) is 0 Å². The van der Waals surface area contributed by atoms with Crippen molar-refractivity contribution in [3.63, 3.8) is 0 Å². The molecule has 0 aliphatic heterocycles. The van der Waals surface area contributed by atoms with Gasteiger partial charge >= 0.3 is 0 Å². The van der Waals surface area contributed by atoms with Gasteiger partial charge in [-0.15, -0.1) is 0 Å². The van der Waals surface area contributed by atoms with Crippen LogP contribution in [0, 0.1) is 17.0 Å². The van der Waals surface area contributed by atoms with Gasteiger partial charge < -0.3 is 10.4 Å². The molecule has 0 fully saturated rings. The van der Waals surface area contributed by atoms with Gasteiger partial charge in [0.2, 0.25) is 0 Å². The van der Waals surface area contributed by atoms with E-state index >= 15 is 0 Å². The van der Waals surface area contributed by atoms with Crippen LogP contribution >= 0.6 is 12.2 Å². The molecule has 0 aliphatic carbocycles. The van der Waals surface area contributed by atoms with Crippen LogP contribution < -0.4 is 10.6 Å². The summed E-state index contributed by atoms with van der Waals surface area (Å²) in [5.41, 5.74) is 1.37. The number of benzene rings is 2. The third-order valence-corrected chi connectivity index (χ3v) is 3.19. The summed E-state index contributed by atoms with van der Waals surface area (Å²) in [4.78, 5) is 22.0. The van der Waals surface area contributed by atoms with Crippen LogP contribution in [0.25, 0.3) is 0 Å². The number of non-ortho nitro benzene ring substituents is 1. The first-order valence-electron chi connectivity index (χ1n) is 6.53. The van der Waals surface area contributed by atoms with Crippen LogP contribution in [0.5, 0.6) is 5.75 Å². The third kappa shape index (κ3) is 4.24. The zero-order valence-electron chi connectivity index (χ0n) is 12.1. The monoisotopic (exact) mass is 331 g/mol. The summed E-state index contributed by atoms with van der Waals surface area (Å²) < 4.78 is 0. The fraction of sp³-hybridized carbons (Fsp3) is 0.0667. The number of thiocarbonyl (C=S) groups is 1. The van der Waals surface area contributed by atoms with Crippen molar-refractivity contribution in [1.29, 1.82) is 0 Å². The molecule has 8 heteroatoms. The molecule has 0 aliphatic rings. The number of aryl methyl sites for hydroxylation is 1. The Balaban J connectivity index is 2.03. The number of nitro benzene ring substituents is 1. The number of phenolic OH excluding ortho intramolecular Hbond substituents is 1. The van der Waals surface area contributed by atoms with E-state index in [1.54, 1.807) is 24.3 Å². The first-order chi connectivity index (χ1) is 10.9. The lowest BCUT2D eigenvalue weighted by Crippen LogP contribution is -2.34. The van der Waals surface area contributed by atoms with E-state index in [-0.39, 0.29) is 22.2 Å². The third-order valence-electron chi connectivity index (χ3n) is 2.98. The molecule has 0 aromatic heterocycles. The molecule has 0 atom stereocenters. The molecule has 7 nitrogen and oxygen atoms in total. The van der Waals surface area contributed by atoms with Gasteiger partial charge in [0.25, 0.3) is 11.6 Å². The number of rotatable bonds is 3. The van der Waals surface area contributed by atoms with Gasteiger partial charge in [-0.2, -0.15) is 0 Å². The smallest absolute Gasteiger partial charge is 0.273 e. The molecule has 118 valence electrons. The average molecular weight is 331 g/mol. The number of amides is 1. The van der Waals surface area contributed by atoms with Gasteiger partial charge in [-0.25, -0.2) is 0 Å². The zero-order chi connectivity index (χ0) is 17.0. The van der Waals surface area contributed by atoms with Crippen LogP contribution in [0.2, 0.25) is 0 Å². The van der Waals surface area contributed by atoms with Crippen molar-refractivity contribution in [2.24, 2.45) is 0 Å². The van der Waals surface area contributed by atoms with E-state index in [4.69, 9.17) is 12.2 Å². The summed E-state index contributed by atoms with van der Waals surface area (Å²) >= 11 is 4.99. The first kappa shape index (κ1) is 16.4. The predicted octanol–water partition coefficient (Wildman–Crippen LogP) is 2.74. The Labute approximate surface area is 137 Å². The number of aromatic hydroxyl groups is 1. The van der Waals surface area contributed by atoms with Gasteiger partial charge in [-0.05, 0) is 37.3 Å². The number of hydrogen-bond donors (Lipinski definition) is 3. The second-order valence-corrected chi connectivity index (χ2v) is 5.14. The number of hydrogen-bond acceptors (Lipinski definition) is 5. The molecule has 0 saturated heterocycles. The fourth-order valence-electron chi connectivity index (χ4n) is 1.77. The van der Waals surface area contributed by atoms with Crippen molar-refractivity contribution in [1.82, 2.24) is 5.32 Å². The molecule has 0 bridgehead atoms. The highest BCUT2D eigenvalue weighted by Gasteiger charge is 2.12. The maximum Gasteiger partial charge on any atom is 0.273 e. The Morgan fingerprint density at radius 2 is 1.87 bits per heavy atom. The standard InChI is InChI=1S/C15H13N3O4S/c1-9-2-4-10(5-3-9)14(20)17-15(23)16-12-7-6-11(18(21)22)8-13(12)19/h2-8,19H,1H3,(H2,16,17,20,23). The number of carbonyl (C=O) groups is 1. The highest BCUT2D eigenvalue weighted by atomic mass is 32.1. The summed E-state index contributed by atoms with van der Waals surface area (Å²) in [5, 5.41) is 25.4. The second kappa shape index (κ2) is 6.84. The first-order valence-corrected chi connectivity index (χ1v) is 6.94. The molecule has 0 saturated carbocycles. The van der Waals surface area contributed by atoms with Gasteiger partial charge in [0.15, 0.2) is 5.11 Å². The Kier molecular flexibility index (Phi) is 4.87. The number of nitrogens with zero attached hydrogens (tertiary/aromatic N) is 1. The topological polar surface area (TPSA) is 104 Å². The minimum Gasteiger partial charge on any atom is -0.506 e. The largest absolute Gasteiger partial charge is 0.506 e. The normalized spacial score (nSPS) is 9.96. The second-order valence-electron chi connectivity index (χ2n) is 4.73. The van der Waals surface area contributed by atoms with Crippen LogP contribution in [0.1, 0.15) is 15.9 Å². The van der Waals surface area contributed by atoms with Gasteiger partial charge in [-0.1, -0.05) is 17.7 Å². The van der Waals surface area contributed by atoms with Gasteiger partial charge in [-0.3, -0.25) is 20.2 Å². The summed E-state index contributed by atoms with van der Waals surface area (Å²) in [7, 11) is 0. The lowest BCUT2D eigenvalue weighted by Gasteiger charge is -2.10. The van der Waals surface area contributed by atoms with Gasteiger partial charge in [0.05, 0.1) is 16.7 Å². The Morgan fingerprint density at radius 3 is 2.43 bits per heavy atom. The molecular weight excluding hydrogens is 318 g/mol. The number of nitrogens with one attached hydrogen (secondary N) is 2. The van der Waals surface area contributed by atoms with E-state index in [1.165, 1.54) is 12.1 Å². The van der Waals surface area contributed by atoms with Crippen LogP contribution in [0.3, 0.4) is 0 Å². The number of carbonyl (C=O) groups excluding carboxylic acids is 1. The van der Waals surface area contributed by atoms with E-state index < -0.39 is 10.8 Å². The molecule has 3 N–H and O–H groups in total. The molecule has 1 amide bonds. The molecule has 0 unspecified atom stereocenters. The fourth-order valence-corrected chi connectivity index (χ4v) is 1.98. The Hall–Kier alpha value is -3.00. The average Bonchev–Trinajstić information content (AvgIpc) is 2.49. The number of nitro groups is 1. The highest BCUT2D eigenvalue weighted by Crippen LogP contribution is 2.27. The minimum atomic E-state index is -0.624.